The highest BCUT2D eigenvalue weighted by molar-refractivity contribution is 7.91. The van der Waals surface area contributed by atoms with Gasteiger partial charge >= 0.3 is 12.8 Å². The molecule has 1 aliphatic heterocycles. The number of hydrogen-bond donors (Lipinski definition) is 2. The minimum Gasteiger partial charge on any atom is -0.394 e. The summed E-state index contributed by atoms with van der Waals surface area (Å²) in [5.41, 5.74) is 0.366. The van der Waals surface area contributed by atoms with Gasteiger partial charge in [-0.3, -0.25) is 9.69 Å². The molecule has 1 amide bonds. The first kappa shape index (κ1) is 33.7. The lowest BCUT2D eigenvalue weighted by molar-refractivity contribution is -0.137. The third kappa shape index (κ3) is 8.50. The number of benzene rings is 2. The summed E-state index contributed by atoms with van der Waals surface area (Å²) in [6.45, 7) is -0.944. The average Bonchev–Trinajstić information content (AvgIpc) is 3.49. The molecule has 240 valence electrons. The molecule has 9 nitrogen and oxygen atoms in total. The monoisotopic (exact) mass is 662 g/mol. The quantitative estimate of drug-likeness (QED) is 0.276. The van der Waals surface area contributed by atoms with Crippen LogP contribution in [-0.4, -0.2) is 80.6 Å². The van der Waals surface area contributed by atoms with Crippen molar-refractivity contribution in [3.8, 4) is 0 Å². The molecule has 1 fully saturated rings. The number of piperazine rings is 1. The summed E-state index contributed by atoms with van der Waals surface area (Å²) in [6.07, 6.45) is -3.12. The van der Waals surface area contributed by atoms with Crippen LogP contribution in [0.5, 0.6) is 0 Å². The Morgan fingerprint density at radius 3 is 2.41 bits per heavy atom. The van der Waals surface area contributed by atoms with E-state index in [4.69, 9.17) is 0 Å². The van der Waals surface area contributed by atoms with Crippen molar-refractivity contribution in [2.75, 3.05) is 43.5 Å². The summed E-state index contributed by atoms with van der Waals surface area (Å²) in [4.78, 5) is 21.3. The number of nitrogens with zero attached hydrogens (tertiary/aromatic N) is 3. The van der Waals surface area contributed by atoms with Crippen LogP contribution in [0, 0.1) is 0 Å². The van der Waals surface area contributed by atoms with Crippen LogP contribution in [0.25, 0.3) is 0 Å². The van der Waals surface area contributed by atoms with E-state index in [9.17, 15) is 40.3 Å². The summed E-state index contributed by atoms with van der Waals surface area (Å²) in [7, 11) is -3.41. The molecule has 1 aliphatic rings. The number of aliphatic hydroxyl groups excluding tert-OH is 1. The Kier molecular flexibility index (Phi) is 10.9. The molecule has 0 aliphatic carbocycles. The van der Waals surface area contributed by atoms with E-state index in [0.29, 0.717) is 35.9 Å². The predicted octanol–water partition coefficient (Wildman–Crippen LogP) is 4.35. The van der Waals surface area contributed by atoms with Crippen LogP contribution in [-0.2, 0) is 27.3 Å². The number of ether oxygens (including phenoxy) is 1. The Morgan fingerprint density at radius 2 is 1.82 bits per heavy atom. The molecule has 1 unspecified atom stereocenters. The maximum Gasteiger partial charge on any atom is 0.416 e. The summed E-state index contributed by atoms with van der Waals surface area (Å²) in [5, 5.41) is 13.0. The number of halogens is 5. The molecule has 4 rings (SSSR count). The van der Waals surface area contributed by atoms with E-state index in [1.54, 1.807) is 4.90 Å². The number of anilines is 1. The first-order chi connectivity index (χ1) is 20.8. The van der Waals surface area contributed by atoms with Crippen LogP contribution >= 0.6 is 11.3 Å². The molecule has 2 atom stereocenters. The second-order valence-electron chi connectivity index (χ2n) is 10.1. The van der Waals surface area contributed by atoms with Crippen LogP contribution in [0.4, 0.5) is 27.1 Å². The second-order valence-corrected chi connectivity index (χ2v) is 13.3. The van der Waals surface area contributed by atoms with Gasteiger partial charge < -0.3 is 20.1 Å². The lowest BCUT2D eigenvalue weighted by Gasteiger charge is -2.41. The van der Waals surface area contributed by atoms with Gasteiger partial charge in [-0.2, -0.15) is 22.0 Å². The Hall–Kier alpha value is -3.18. The van der Waals surface area contributed by atoms with E-state index in [1.165, 1.54) is 49.5 Å². The van der Waals surface area contributed by atoms with Gasteiger partial charge in [-0.05, 0) is 35.4 Å². The van der Waals surface area contributed by atoms with Gasteiger partial charge in [0.2, 0.25) is 0 Å². The highest BCUT2D eigenvalue weighted by atomic mass is 32.2. The fourth-order valence-electron chi connectivity index (χ4n) is 4.74. The third-order valence-electron chi connectivity index (χ3n) is 7.14. The Morgan fingerprint density at radius 1 is 1.14 bits per heavy atom. The van der Waals surface area contributed by atoms with Gasteiger partial charge in [-0.1, -0.05) is 42.5 Å². The van der Waals surface area contributed by atoms with Gasteiger partial charge in [-0.25, -0.2) is 13.4 Å². The molecule has 16 heteroatoms. The number of alkyl halides is 5. The van der Waals surface area contributed by atoms with Crippen molar-refractivity contribution in [1.82, 2.24) is 15.2 Å². The highest BCUT2D eigenvalue weighted by Gasteiger charge is 2.32. The van der Waals surface area contributed by atoms with Crippen molar-refractivity contribution in [3.05, 3.63) is 76.3 Å². The molecule has 2 heterocycles. The fraction of sp³-hybridized carbons (Fsp3) is 0.429. The number of sulfone groups is 1. The van der Waals surface area contributed by atoms with Gasteiger partial charge in [0.05, 0.1) is 47.7 Å². The molecule has 2 aromatic carbocycles. The first-order valence-electron chi connectivity index (χ1n) is 13.6. The third-order valence-corrected chi connectivity index (χ3v) is 9.93. The normalized spacial score (nSPS) is 17.2. The molecule has 44 heavy (non-hydrogen) atoms. The Bertz CT molecular complexity index is 1500. The molecular weight excluding hydrogens is 631 g/mol. The molecule has 0 spiro atoms. The Labute approximate surface area is 255 Å². The average molecular weight is 663 g/mol. The smallest absolute Gasteiger partial charge is 0.394 e. The maximum absolute atomic E-state index is 13.0. The van der Waals surface area contributed by atoms with Gasteiger partial charge in [0, 0.05) is 26.2 Å². The van der Waals surface area contributed by atoms with Crippen LogP contribution in [0.2, 0.25) is 0 Å². The number of nitrogens with one attached hydrogen (secondary N) is 1. The van der Waals surface area contributed by atoms with Crippen molar-refractivity contribution in [2.45, 2.75) is 43.2 Å². The van der Waals surface area contributed by atoms with Crippen molar-refractivity contribution in [3.63, 3.8) is 0 Å². The molecule has 0 saturated carbocycles. The van der Waals surface area contributed by atoms with Crippen molar-refractivity contribution < 1.29 is 45.0 Å². The molecule has 0 bridgehead atoms. The minimum atomic E-state index is -4.45. The summed E-state index contributed by atoms with van der Waals surface area (Å²) >= 11 is 1.02. The fourth-order valence-corrected chi connectivity index (χ4v) is 6.54. The number of hydrogen-bond acceptors (Lipinski definition) is 9. The molecule has 1 saturated heterocycles. The number of thiazole rings is 1. The SMILES string of the molecule is CCS(=O)(=O)c1ccc([C@H](CO)NC(=O)c2cnc(N3CCN(Cc4ccc(C(F)(F)F)cc4)CC3COC(F)F)s2)cc1. The van der Waals surface area contributed by atoms with Gasteiger partial charge in [0.15, 0.2) is 15.0 Å². The van der Waals surface area contributed by atoms with Crippen molar-refractivity contribution in [2.24, 2.45) is 0 Å². The minimum absolute atomic E-state index is 0.0659. The highest BCUT2D eigenvalue weighted by Crippen LogP contribution is 2.30. The zero-order valence-electron chi connectivity index (χ0n) is 23.5. The molecular formula is C28H31F5N4O5S2. The summed E-state index contributed by atoms with van der Waals surface area (Å²) in [5.74, 6) is -0.608. The Balaban J connectivity index is 1.43. The summed E-state index contributed by atoms with van der Waals surface area (Å²) in [6, 6.07) is 9.19. The number of aliphatic hydroxyl groups is 1. The zero-order chi connectivity index (χ0) is 32.1. The lowest BCUT2D eigenvalue weighted by atomic mass is 10.1. The van der Waals surface area contributed by atoms with Gasteiger partial charge in [-0.15, -0.1) is 0 Å². The first-order valence-corrected chi connectivity index (χ1v) is 16.0. The topological polar surface area (TPSA) is 112 Å². The van der Waals surface area contributed by atoms with E-state index >= 15 is 0 Å². The van der Waals surface area contributed by atoms with Crippen LogP contribution in [0.1, 0.15) is 39.3 Å². The number of amides is 1. The van der Waals surface area contributed by atoms with Crippen LogP contribution < -0.4 is 10.2 Å². The van der Waals surface area contributed by atoms with Gasteiger partial charge in [0.1, 0.15) is 4.88 Å². The summed E-state index contributed by atoms with van der Waals surface area (Å²) < 4.78 is 93.3. The standard InChI is InChI=1S/C28H31F5N4O5S2/c1-2-44(40,41)22-9-5-19(6-10-22)23(16-38)35-25(39)24-13-34-27(43-24)37-12-11-36(15-21(37)17-42-26(29)30)14-18-3-7-20(8-4-18)28(31,32)33/h3-10,13,21,23,26,38H,2,11-12,14-17H2,1H3,(H,35,39)/t21?,23-/m0/s1. The number of carbonyl (C=O) groups is 1. The van der Waals surface area contributed by atoms with E-state index in [1.807, 2.05) is 4.90 Å². The lowest BCUT2D eigenvalue weighted by Crippen LogP contribution is -2.55. The van der Waals surface area contributed by atoms with E-state index in [2.05, 4.69) is 15.0 Å². The van der Waals surface area contributed by atoms with E-state index in [0.717, 1.165) is 23.5 Å². The zero-order valence-corrected chi connectivity index (χ0v) is 25.1. The van der Waals surface area contributed by atoms with E-state index < -0.39 is 52.8 Å². The van der Waals surface area contributed by atoms with E-state index in [-0.39, 0.29) is 28.7 Å². The number of rotatable bonds is 12. The second kappa shape index (κ2) is 14.3. The van der Waals surface area contributed by atoms with Crippen LogP contribution in [0.15, 0.2) is 59.6 Å². The molecule has 3 aromatic rings. The number of carbonyl (C=O) groups excluding carboxylic acids is 1. The van der Waals surface area contributed by atoms with Crippen molar-refractivity contribution in [1.29, 1.82) is 0 Å². The largest absolute Gasteiger partial charge is 0.416 e. The van der Waals surface area contributed by atoms with Crippen LogP contribution in [0.3, 0.4) is 0 Å². The molecule has 0 radical (unpaired) electrons. The molecule has 1 aromatic heterocycles. The van der Waals surface area contributed by atoms with Gasteiger partial charge in [0.25, 0.3) is 5.91 Å². The van der Waals surface area contributed by atoms with Crippen molar-refractivity contribution >= 4 is 32.2 Å². The predicted molar refractivity (Wildman–Crippen MR) is 153 cm³/mol. The maximum atomic E-state index is 13.0. The number of aromatic nitrogens is 1. The molecule has 2 N–H and O–H groups in total.